The average Bonchev–Trinajstić information content (AvgIpc) is 2.46. The van der Waals surface area contributed by atoms with Gasteiger partial charge in [-0.15, -0.1) is 0 Å². The van der Waals surface area contributed by atoms with Gasteiger partial charge in [-0.25, -0.2) is 0 Å². The van der Waals surface area contributed by atoms with Crippen molar-refractivity contribution in [2.24, 2.45) is 0 Å². The standard InChI is InChI=1S/C16H10N2/c1-2-6-16-15(5-1)10-14(12-18-16)8-7-13-4-3-9-17-11-13/h1-6,9-12H. The summed E-state index contributed by atoms with van der Waals surface area (Å²) in [6.07, 6.45) is 5.29. The predicted molar refractivity (Wildman–Crippen MR) is 72.0 cm³/mol. The summed E-state index contributed by atoms with van der Waals surface area (Å²) in [4.78, 5) is 8.40. The second-order valence-corrected chi connectivity index (χ2v) is 3.91. The van der Waals surface area contributed by atoms with Crippen LogP contribution in [-0.4, -0.2) is 9.97 Å². The van der Waals surface area contributed by atoms with Gasteiger partial charge in [0.2, 0.25) is 0 Å². The third kappa shape index (κ3) is 2.21. The normalized spacial score (nSPS) is 9.78. The number of hydrogen-bond donors (Lipinski definition) is 0. The number of para-hydroxylation sites is 1. The van der Waals surface area contributed by atoms with E-state index in [1.807, 2.05) is 42.5 Å². The maximum atomic E-state index is 4.38. The molecule has 0 N–H and O–H groups in total. The number of rotatable bonds is 0. The van der Waals surface area contributed by atoms with Crippen LogP contribution in [0.4, 0.5) is 0 Å². The van der Waals surface area contributed by atoms with Crippen molar-refractivity contribution >= 4 is 10.9 Å². The van der Waals surface area contributed by atoms with Gasteiger partial charge >= 0.3 is 0 Å². The highest BCUT2D eigenvalue weighted by atomic mass is 14.6. The van der Waals surface area contributed by atoms with Crippen molar-refractivity contribution in [1.29, 1.82) is 0 Å². The molecule has 0 fully saturated rings. The van der Waals surface area contributed by atoms with E-state index in [4.69, 9.17) is 0 Å². The lowest BCUT2D eigenvalue weighted by molar-refractivity contribution is 1.31. The first-order chi connectivity index (χ1) is 8.92. The number of pyridine rings is 2. The molecule has 2 nitrogen and oxygen atoms in total. The predicted octanol–water partition coefficient (Wildman–Crippen LogP) is 3.03. The molecule has 0 aliphatic rings. The third-order valence-electron chi connectivity index (χ3n) is 2.60. The van der Waals surface area contributed by atoms with Gasteiger partial charge in [-0.05, 0) is 24.3 Å². The summed E-state index contributed by atoms with van der Waals surface area (Å²) >= 11 is 0. The van der Waals surface area contributed by atoms with Crippen LogP contribution in [0.5, 0.6) is 0 Å². The molecule has 3 rings (SSSR count). The Morgan fingerprint density at radius 3 is 2.61 bits per heavy atom. The van der Waals surface area contributed by atoms with Crippen molar-refractivity contribution in [3.63, 3.8) is 0 Å². The Morgan fingerprint density at radius 2 is 1.72 bits per heavy atom. The number of aromatic nitrogens is 2. The molecule has 2 aromatic heterocycles. The molecule has 2 heterocycles. The van der Waals surface area contributed by atoms with Crippen molar-refractivity contribution in [2.75, 3.05) is 0 Å². The minimum atomic E-state index is 0.908. The molecule has 0 atom stereocenters. The SMILES string of the molecule is C(#Cc1cnc2ccccc2c1)c1cccnc1. The van der Waals surface area contributed by atoms with E-state index in [1.165, 1.54) is 0 Å². The van der Waals surface area contributed by atoms with Crippen molar-refractivity contribution in [3.8, 4) is 11.8 Å². The molecular formula is C16H10N2. The Labute approximate surface area is 105 Å². The number of nitrogens with zero attached hydrogens (tertiary/aromatic N) is 2. The summed E-state index contributed by atoms with van der Waals surface area (Å²) in [5.74, 6) is 6.17. The number of benzene rings is 1. The lowest BCUT2D eigenvalue weighted by atomic mass is 10.1. The number of fused-ring (bicyclic) bond motifs is 1. The first-order valence-electron chi connectivity index (χ1n) is 5.69. The third-order valence-corrected chi connectivity index (χ3v) is 2.60. The van der Waals surface area contributed by atoms with Crippen molar-refractivity contribution in [1.82, 2.24) is 9.97 Å². The van der Waals surface area contributed by atoms with Crippen LogP contribution < -0.4 is 0 Å². The lowest BCUT2D eigenvalue weighted by Gasteiger charge is -1.96. The summed E-state index contributed by atoms with van der Waals surface area (Å²) in [6, 6.07) is 13.9. The Morgan fingerprint density at radius 1 is 0.833 bits per heavy atom. The van der Waals surface area contributed by atoms with Gasteiger partial charge < -0.3 is 0 Å². The summed E-state index contributed by atoms with van der Waals surface area (Å²) < 4.78 is 0. The first kappa shape index (κ1) is 10.5. The zero-order valence-electron chi connectivity index (χ0n) is 9.67. The monoisotopic (exact) mass is 230 g/mol. The molecule has 84 valence electrons. The fourth-order valence-corrected chi connectivity index (χ4v) is 1.72. The Bertz CT molecular complexity index is 737. The molecule has 1 aromatic carbocycles. The van der Waals surface area contributed by atoms with E-state index < -0.39 is 0 Å². The molecule has 3 aromatic rings. The maximum Gasteiger partial charge on any atom is 0.0702 e. The van der Waals surface area contributed by atoms with Crippen LogP contribution in [-0.2, 0) is 0 Å². The molecule has 0 aliphatic carbocycles. The van der Waals surface area contributed by atoms with Crippen LogP contribution in [0.1, 0.15) is 11.1 Å². The quantitative estimate of drug-likeness (QED) is 0.555. The summed E-state index contributed by atoms with van der Waals surface area (Å²) in [7, 11) is 0. The summed E-state index contributed by atoms with van der Waals surface area (Å²) in [5.41, 5.74) is 2.81. The van der Waals surface area contributed by atoms with Gasteiger partial charge in [0.25, 0.3) is 0 Å². The Hall–Kier alpha value is -2.66. The zero-order chi connectivity index (χ0) is 12.2. The second-order valence-electron chi connectivity index (χ2n) is 3.91. The van der Waals surface area contributed by atoms with Crippen LogP contribution in [0.25, 0.3) is 10.9 Å². The van der Waals surface area contributed by atoms with E-state index in [9.17, 15) is 0 Å². The molecule has 0 saturated carbocycles. The van der Waals surface area contributed by atoms with Gasteiger partial charge in [0.1, 0.15) is 0 Å². The number of hydrogen-bond acceptors (Lipinski definition) is 2. The molecule has 0 saturated heterocycles. The highest BCUT2D eigenvalue weighted by Gasteiger charge is 1.94. The average molecular weight is 230 g/mol. The second kappa shape index (κ2) is 4.68. The van der Waals surface area contributed by atoms with Gasteiger partial charge in [0.15, 0.2) is 0 Å². The summed E-state index contributed by atoms with van der Waals surface area (Å²) in [5, 5.41) is 1.11. The molecule has 0 unspecified atom stereocenters. The van der Waals surface area contributed by atoms with Crippen molar-refractivity contribution in [2.45, 2.75) is 0 Å². The van der Waals surface area contributed by atoms with E-state index >= 15 is 0 Å². The molecule has 0 radical (unpaired) electrons. The molecule has 0 amide bonds. The van der Waals surface area contributed by atoms with Crippen LogP contribution in [0.2, 0.25) is 0 Å². The van der Waals surface area contributed by atoms with Gasteiger partial charge in [0, 0.05) is 35.1 Å². The highest BCUT2D eigenvalue weighted by molar-refractivity contribution is 5.79. The van der Waals surface area contributed by atoms with Crippen molar-refractivity contribution < 1.29 is 0 Å². The Balaban J connectivity index is 1.99. The van der Waals surface area contributed by atoms with Gasteiger partial charge in [-0.3, -0.25) is 9.97 Å². The molecule has 2 heteroatoms. The van der Waals surface area contributed by atoms with Crippen molar-refractivity contribution in [3.05, 3.63) is 72.2 Å². The fourth-order valence-electron chi connectivity index (χ4n) is 1.72. The molecule has 0 bridgehead atoms. The van der Waals surface area contributed by atoms with E-state index in [0.717, 1.165) is 22.0 Å². The first-order valence-corrected chi connectivity index (χ1v) is 5.69. The molecule has 0 aliphatic heterocycles. The summed E-state index contributed by atoms with van der Waals surface area (Å²) in [6.45, 7) is 0. The Kier molecular flexibility index (Phi) is 2.73. The van der Waals surface area contributed by atoms with Crippen LogP contribution in [0.3, 0.4) is 0 Å². The largest absolute Gasteiger partial charge is 0.263 e. The molecule has 0 spiro atoms. The van der Waals surface area contributed by atoms with Crippen LogP contribution in [0.15, 0.2) is 61.1 Å². The van der Waals surface area contributed by atoms with E-state index in [2.05, 4.69) is 21.8 Å². The smallest absolute Gasteiger partial charge is 0.0702 e. The van der Waals surface area contributed by atoms with Gasteiger partial charge in [0.05, 0.1) is 5.52 Å². The minimum Gasteiger partial charge on any atom is -0.263 e. The van der Waals surface area contributed by atoms with Gasteiger partial charge in [-0.2, -0.15) is 0 Å². The van der Waals surface area contributed by atoms with E-state index in [-0.39, 0.29) is 0 Å². The van der Waals surface area contributed by atoms with Crippen LogP contribution in [0, 0.1) is 11.8 Å². The topological polar surface area (TPSA) is 25.8 Å². The van der Waals surface area contributed by atoms with Gasteiger partial charge in [-0.1, -0.05) is 30.0 Å². The lowest BCUT2D eigenvalue weighted by Crippen LogP contribution is -1.82. The molecular weight excluding hydrogens is 220 g/mol. The van der Waals surface area contributed by atoms with E-state index in [0.29, 0.717) is 0 Å². The maximum absolute atomic E-state index is 4.38. The fraction of sp³-hybridized carbons (Fsp3) is 0. The zero-order valence-corrected chi connectivity index (χ0v) is 9.67. The highest BCUT2D eigenvalue weighted by Crippen LogP contribution is 2.11. The van der Waals surface area contributed by atoms with Crippen LogP contribution >= 0.6 is 0 Å². The molecule has 18 heavy (non-hydrogen) atoms. The minimum absolute atomic E-state index is 0.908. The van der Waals surface area contributed by atoms with E-state index in [1.54, 1.807) is 18.6 Å².